The number of hydrogen-bond acceptors (Lipinski definition) is 6. The summed E-state index contributed by atoms with van der Waals surface area (Å²) < 4.78 is 13.9. The summed E-state index contributed by atoms with van der Waals surface area (Å²) in [5.41, 5.74) is 8.31. The number of aromatic nitrogens is 2. The van der Waals surface area contributed by atoms with Crippen molar-refractivity contribution in [1.82, 2.24) is 9.97 Å². The summed E-state index contributed by atoms with van der Waals surface area (Å²) in [4.78, 5) is 8.27. The number of nitriles is 1. The van der Waals surface area contributed by atoms with Crippen LogP contribution in [0.2, 0.25) is 0 Å². The Kier molecular flexibility index (Phi) is 3.64. The van der Waals surface area contributed by atoms with Crippen molar-refractivity contribution in [3.8, 4) is 6.07 Å². The van der Waals surface area contributed by atoms with E-state index in [4.69, 9.17) is 11.0 Å². The smallest absolute Gasteiger partial charge is 0.182 e. The molecule has 0 aliphatic rings. The summed E-state index contributed by atoms with van der Waals surface area (Å²) in [6, 6.07) is 10.8. The van der Waals surface area contributed by atoms with Gasteiger partial charge in [0, 0.05) is 11.9 Å². The Hall–Kier alpha value is -2.30. The fraction of sp³-hybridized carbons (Fsp3) is 0.0714. The Balaban J connectivity index is 1.88. The molecule has 3 aromatic rings. The fourth-order valence-electron chi connectivity index (χ4n) is 1.86. The van der Waals surface area contributed by atoms with Crippen LogP contribution in [0.25, 0.3) is 10.2 Å². The number of rotatable bonds is 3. The Morgan fingerprint density at radius 2 is 2.19 bits per heavy atom. The molecule has 0 amide bonds. The van der Waals surface area contributed by atoms with Crippen LogP contribution in [-0.4, -0.2) is 14.2 Å². The maximum absolute atomic E-state index is 12.4. The summed E-state index contributed by atoms with van der Waals surface area (Å²) in [6.45, 7) is 0. The van der Waals surface area contributed by atoms with E-state index in [0.29, 0.717) is 21.5 Å². The maximum Gasteiger partial charge on any atom is 0.182 e. The highest BCUT2D eigenvalue weighted by Gasteiger charge is 2.12. The summed E-state index contributed by atoms with van der Waals surface area (Å²) in [7, 11) is -1.25. The Morgan fingerprint density at radius 3 is 3.00 bits per heavy atom. The molecule has 2 heterocycles. The molecule has 1 aromatic carbocycles. The average molecular weight is 314 g/mol. The molecule has 0 radical (unpaired) electrons. The van der Waals surface area contributed by atoms with E-state index in [9.17, 15) is 4.21 Å². The van der Waals surface area contributed by atoms with E-state index >= 15 is 0 Å². The van der Waals surface area contributed by atoms with E-state index in [1.165, 1.54) is 11.3 Å². The van der Waals surface area contributed by atoms with Crippen LogP contribution in [-0.2, 0) is 16.6 Å². The standard InChI is InChI=1S/C14H10N4OS2/c15-7-11-5-9(3-4-17-11)8-21(19)14-18-12-2-1-10(16)6-13(12)20-14/h1-6H,8,16H2. The van der Waals surface area contributed by atoms with E-state index in [-0.39, 0.29) is 0 Å². The van der Waals surface area contributed by atoms with Gasteiger partial charge in [0.15, 0.2) is 4.34 Å². The zero-order valence-corrected chi connectivity index (χ0v) is 12.4. The van der Waals surface area contributed by atoms with Gasteiger partial charge in [-0.2, -0.15) is 5.26 Å². The van der Waals surface area contributed by atoms with Gasteiger partial charge in [-0.25, -0.2) is 9.97 Å². The number of anilines is 1. The number of nitrogens with zero attached hydrogens (tertiary/aromatic N) is 3. The molecule has 2 aromatic heterocycles. The van der Waals surface area contributed by atoms with E-state index in [1.807, 2.05) is 18.2 Å². The number of hydrogen-bond donors (Lipinski definition) is 1. The van der Waals surface area contributed by atoms with Gasteiger partial charge in [-0.15, -0.1) is 11.3 Å². The summed E-state index contributed by atoms with van der Waals surface area (Å²) in [6.07, 6.45) is 1.55. The SMILES string of the molecule is N#Cc1cc(CS(=O)c2nc3ccc(N)cc3s2)ccn1. The van der Waals surface area contributed by atoms with Crippen molar-refractivity contribution in [2.45, 2.75) is 10.1 Å². The number of pyridine rings is 1. The lowest BCUT2D eigenvalue weighted by atomic mass is 10.2. The first-order valence-electron chi connectivity index (χ1n) is 6.05. The molecule has 1 atom stereocenters. The van der Waals surface area contributed by atoms with Crippen LogP contribution in [0, 0.1) is 11.3 Å². The summed E-state index contributed by atoms with van der Waals surface area (Å²) in [5, 5.41) is 8.82. The number of thiazole rings is 1. The van der Waals surface area contributed by atoms with Crippen LogP contribution in [0.5, 0.6) is 0 Å². The second-order valence-corrected chi connectivity index (χ2v) is 7.01. The van der Waals surface area contributed by atoms with Crippen molar-refractivity contribution < 1.29 is 4.21 Å². The molecule has 0 saturated heterocycles. The first-order valence-corrected chi connectivity index (χ1v) is 8.19. The minimum Gasteiger partial charge on any atom is -0.399 e. The van der Waals surface area contributed by atoms with Gasteiger partial charge in [0.1, 0.15) is 11.8 Å². The van der Waals surface area contributed by atoms with Crippen LogP contribution >= 0.6 is 11.3 Å². The number of fused-ring (bicyclic) bond motifs is 1. The zero-order chi connectivity index (χ0) is 14.8. The van der Waals surface area contributed by atoms with E-state index in [1.54, 1.807) is 24.4 Å². The number of nitrogen functional groups attached to an aromatic ring is 1. The monoisotopic (exact) mass is 314 g/mol. The second kappa shape index (κ2) is 5.60. The van der Waals surface area contributed by atoms with Gasteiger partial charge in [0.25, 0.3) is 0 Å². The predicted octanol–water partition coefficient (Wildman–Crippen LogP) is 2.45. The quantitative estimate of drug-likeness (QED) is 0.750. The van der Waals surface area contributed by atoms with Gasteiger partial charge in [0.05, 0.1) is 26.8 Å². The predicted molar refractivity (Wildman–Crippen MR) is 83.1 cm³/mol. The second-order valence-electron chi connectivity index (χ2n) is 4.36. The molecule has 0 spiro atoms. The van der Waals surface area contributed by atoms with E-state index < -0.39 is 10.8 Å². The minimum atomic E-state index is -1.25. The molecule has 5 nitrogen and oxygen atoms in total. The van der Waals surface area contributed by atoms with Crippen molar-refractivity contribution in [3.63, 3.8) is 0 Å². The fourth-order valence-corrected chi connectivity index (χ4v) is 4.23. The molecule has 104 valence electrons. The van der Waals surface area contributed by atoms with Crippen molar-refractivity contribution in [2.24, 2.45) is 0 Å². The average Bonchev–Trinajstić information content (AvgIpc) is 2.90. The highest BCUT2D eigenvalue weighted by atomic mass is 32.2. The third-order valence-electron chi connectivity index (χ3n) is 2.82. The Labute approximate surface area is 127 Å². The molecule has 0 fully saturated rings. The molecule has 0 aliphatic heterocycles. The molecule has 3 rings (SSSR count). The van der Waals surface area contributed by atoms with Crippen LogP contribution in [0.15, 0.2) is 40.9 Å². The summed E-state index contributed by atoms with van der Waals surface area (Å²) >= 11 is 1.38. The lowest BCUT2D eigenvalue weighted by Gasteiger charge is -1.99. The molecule has 0 bridgehead atoms. The lowest BCUT2D eigenvalue weighted by Crippen LogP contribution is -1.97. The van der Waals surface area contributed by atoms with Gasteiger partial charge in [-0.05, 0) is 35.9 Å². The molecule has 1 unspecified atom stereocenters. The first-order chi connectivity index (χ1) is 10.2. The van der Waals surface area contributed by atoms with Crippen molar-refractivity contribution in [2.75, 3.05) is 5.73 Å². The molecule has 2 N–H and O–H groups in total. The topological polar surface area (TPSA) is 92.7 Å². The highest BCUT2D eigenvalue weighted by Crippen LogP contribution is 2.27. The minimum absolute atomic E-state index is 0.312. The molecule has 7 heteroatoms. The van der Waals surface area contributed by atoms with E-state index in [2.05, 4.69) is 9.97 Å². The maximum atomic E-state index is 12.4. The molecular formula is C14H10N4OS2. The van der Waals surface area contributed by atoms with Gasteiger partial charge in [0.2, 0.25) is 0 Å². The number of benzene rings is 1. The van der Waals surface area contributed by atoms with Crippen molar-refractivity contribution in [1.29, 1.82) is 5.26 Å². The summed E-state index contributed by atoms with van der Waals surface area (Å²) in [5.74, 6) is 0.312. The van der Waals surface area contributed by atoms with Gasteiger partial charge < -0.3 is 5.73 Å². The normalized spacial score (nSPS) is 12.1. The highest BCUT2D eigenvalue weighted by molar-refractivity contribution is 7.86. The third-order valence-corrected chi connectivity index (χ3v) is 5.52. The van der Waals surface area contributed by atoms with Gasteiger partial charge in [-0.3, -0.25) is 4.21 Å². The zero-order valence-electron chi connectivity index (χ0n) is 10.8. The van der Waals surface area contributed by atoms with Crippen LogP contribution < -0.4 is 5.73 Å². The molecule has 0 saturated carbocycles. The van der Waals surface area contributed by atoms with Gasteiger partial charge in [-0.1, -0.05) is 0 Å². The van der Waals surface area contributed by atoms with Crippen molar-refractivity contribution in [3.05, 3.63) is 47.8 Å². The van der Waals surface area contributed by atoms with Crippen molar-refractivity contribution >= 4 is 38.0 Å². The van der Waals surface area contributed by atoms with Crippen LogP contribution in [0.1, 0.15) is 11.3 Å². The Morgan fingerprint density at radius 1 is 1.33 bits per heavy atom. The first kappa shape index (κ1) is 13.7. The van der Waals surface area contributed by atoms with Gasteiger partial charge >= 0.3 is 0 Å². The molecule has 21 heavy (non-hydrogen) atoms. The third kappa shape index (κ3) is 2.91. The van der Waals surface area contributed by atoms with Crippen LogP contribution in [0.4, 0.5) is 5.69 Å². The largest absolute Gasteiger partial charge is 0.399 e. The number of nitrogens with two attached hydrogens (primary N) is 1. The Bertz CT molecular complexity index is 882. The molecular weight excluding hydrogens is 304 g/mol. The van der Waals surface area contributed by atoms with Crippen LogP contribution in [0.3, 0.4) is 0 Å². The van der Waals surface area contributed by atoms with E-state index in [0.717, 1.165) is 15.8 Å². The molecule has 0 aliphatic carbocycles. The lowest BCUT2D eigenvalue weighted by molar-refractivity contribution is 0.682.